The molecule has 0 N–H and O–H groups in total. The number of ether oxygens (including phenoxy) is 1. The minimum absolute atomic E-state index is 0.126. The van der Waals surface area contributed by atoms with Crippen LogP contribution >= 0.6 is 0 Å². The highest BCUT2D eigenvalue weighted by Crippen LogP contribution is 2.71. The van der Waals surface area contributed by atoms with E-state index >= 15 is 0 Å². The number of esters is 1. The second-order valence-corrected chi connectivity index (χ2v) is 5.55. The predicted molar refractivity (Wildman–Crippen MR) is 54.8 cm³/mol. The summed E-state index contributed by atoms with van der Waals surface area (Å²) in [5.41, 5.74) is 0.348. The van der Waals surface area contributed by atoms with E-state index in [1.54, 1.807) is 0 Å². The van der Waals surface area contributed by atoms with Crippen molar-refractivity contribution in [1.29, 1.82) is 0 Å². The number of carbonyl (C=O) groups excluding carboxylic acids is 1. The van der Waals surface area contributed by atoms with Gasteiger partial charge in [0, 0.05) is 12.8 Å². The van der Waals surface area contributed by atoms with Gasteiger partial charge in [0.1, 0.15) is 5.60 Å². The zero-order chi connectivity index (χ0) is 10.6. The van der Waals surface area contributed by atoms with E-state index in [2.05, 4.69) is 20.8 Å². The second kappa shape index (κ2) is 2.74. The number of hydrogen-bond acceptors (Lipinski definition) is 2. The van der Waals surface area contributed by atoms with E-state index in [9.17, 15) is 4.79 Å². The van der Waals surface area contributed by atoms with Crippen LogP contribution in [0.5, 0.6) is 0 Å². The molecule has 0 unspecified atom stereocenters. The van der Waals surface area contributed by atoms with Crippen molar-refractivity contribution in [2.45, 2.75) is 52.6 Å². The van der Waals surface area contributed by atoms with E-state index in [1.807, 2.05) is 0 Å². The monoisotopic (exact) mass is 196 g/mol. The molecule has 0 spiro atoms. The summed E-state index contributed by atoms with van der Waals surface area (Å²) in [5.74, 6) is 1.22. The Morgan fingerprint density at radius 1 is 1.43 bits per heavy atom. The first kappa shape index (κ1) is 10.0. The van der Waals surface area contributed by atoms with E-state index in [4.69, 9.17) is 4.74 Å². The van der Waals surface area contributed by atoms with Crippen LogP contribution in [0.1, 0.15) is 47.0 Å². The fourth-order valence-corrected chi connectivity index (χ4v) is 3.45. The lowest BCUT2D eigenvalue weighted by molar-refractivity contribution is -0.156. The van der Waals surface area contributed by atoms with Gasteiger partial charge in [-0.2, -0.15) is 0 Å². The highest BCUT2D eigenvalue weighted by Gasteiger charge is 2.69. The molecule has 2 rings (SSSR count). The molecule has 2 nitrogen and oxygen atoms in total. The number of hydrogen-bond donors (Lipinski definition) is 0. The predicted octanol–water partition coefficient (Wildman–Crippen LogP) is 2.76. The summed E-state index contributed by atoms with van der Waals surface area (Å²) in [7, 11) is 0. The molecule has 2 heteroatoms. The van der Waals surface area contributed by atoms with Crippen LogP contribution in [0.2, 0.25) is 0 Å². The van der Waals surface area contributed by atoms with Crippen LogP contribution in [-0.4, -0.2) is 11.6 Å². The molecule has 2 fully saturated rings. The summed E-state index contributed by atoms with van der Waals surface area (Å²) in [6.07, 6.45) is 3.54. The summed E-state index contributed by atoms with van der Waals surface area (Å²) in [4.78, 5) is 11.0. The van der Waals surface area contributed by atoms with Gasteiger partial charge >= 0.3 is 5.97 Å². The summed E-state index contributed by atoms with van der Waals surface area (Å²) in [5, 5.41) is 0. The summed E-state index contributed by atoms with van der Waals surface area (Å²) >= 11 is 0. The molecular formula is C12H20O2. The van der Waals surface area contributed by atoms with Crippen LogP contribution in [0.15, 0.2) is 0 Å². The van der Waals surface area contributed by atoms with E-state index in [-0.39, 0.29) is 11.6 Å². The second-order valence-electron chi connectivity index (χ2n) is 5.55. The van der Waals surface area contributed by atoms with Gasteiger partial charge in [-0.3, -0.25) is 4.79 Å². The largest absolute Gasteiger partial charge is 0.459 e. The molecule has 14 heavy (non-hydrogen) atoms. The Morgan fingerprint density at radius 3 is 2.43 bits per heavy atom. The van der Waals surface area contributed by atoms with Crippen LogP contribution in [0.25, 0.3) is 0 Å². The zero-order valence-corrected chi connectivity index (χ0v) is 9.59. The Morgan fingerprint density at radius 2 is 2.07 bits per heavy atom. The quantitative estimate of drug-likeness (QED) is 0.635. The molecule has 0 aromatic heterocycles. The Kier molecular flexibility index (Phi) is 1.96. The standard InChI is InChI=1S/C12H20O2/c1-8(2)12-6-5-11(4,10(12)7-12)14-9(3)13/h8,10H,5-7H2,1-4H3/t10-,11-,12-/m1/s1. The highest BCUT2D eigenvalue weighted by atomic mass is 16.6. The Labute approximate surface area is 86.0 Å². The Bertz CT molecular complexity index is 271. The van der Waals surface area contributed by atoms with Crippen molar-refractivity contribution in [1.82, 2.24) is 0 Å². The maximum atomic E-state index is 11.0. The van der Waals surface area contributed by atoms with Gasteiger partial charge in [0.2, 0.25) is 0 Å². The zero-order valence-electron chi connectivity index (χ0n) is 9.59. The summed E-state index contributed by atoms with van der Waals surface area (Å²) in [6.45, 7) is 8.21. The van der Waals surface area contributed by atoms with Gasteiger partial charge in [-0.1, -0.05) is 13.8 Å². The molecule has 0 aliphatic heterocycles. The molecule has 2 aliphatic rings. The summed E-state index contributed by atoms with van der Waals surface area (Å²) < 4.78 is 5.49. The molecule has 80 valence electrons. The third-order valence-corrected chi connectivity index (χ3v) is 4.47. The van der Waals surface area contributed by atoms with Crippen molar-refractivity contribution in [2.75, 3.05) is 0 Å². The van der Waals surface area contributed by atoms with Crippen molar-refractivity contribution in [2.24, 2.45) is 17.3 Å². The fraction of sp³-hybridized carbons (Fsp3) is 0.917. The van der Waals surface area contributed by atoms with E-state index < -0.39 is 0 Å². The first-order chi connectivity index (χ1) is 6.41. The van der Waals surface area contributed by atoms with Crippen molar-refractivity contribution >= 4 is 5.97 Å². The van der Waals surface area contributed by atoms with Crippen LogP contribution in [0.3, 0.4) is 0 Å². The topological polar surface area (TPSA) is 26.3 Å². The highest BCUT2D eigenvalue weighted by molar-refractivity contribution is 5.66. The molecule has 2 aliphatic carbocycles. The Hall–Kier alpha value is -0.530. The molecule has 0 aromatic rings. The molecule has 0 aromatic carbocycles. The first-order valence-electron chi connectivity index (χ1n) is 5.60. The molecule has 0 bridgehead atoms. The average Bonchev–Trinajstić information content (AvgIpc) is 2.70. The van der Waals surface area contributed by atoms with Crippen molar-refractivity contribution < 1.29 is 9.53 Å². The molecule has 0 heterocycles. The maximum absolute atomic E-state index is 11.0. The minimum atomic E-state index is -0.157. The SMILES string of the molecule is CC(=O)O[C@]1(C)CC[C@]2(C(C)C)C[C@@H]21. The Balaban J connectivity index is 2.10. The molecule has 2 saturated carbocycles. The van der Waals surface area contributed by atoms with Crippen molar-refractivity contribution in [3.63, 3.8) is 0 Å². The van der Waals surface area contributed by atoms with E-state index in [1.165, 1.54) is 19.8 Å². The van der Waals surface area contributed by atoms with Crippen LogP contribution in [0.4, 0.5) is 0 Å². The van der Waals surface area contributed by atoms with Crippen molar-refractivity contribution in [3.8, 4) is 0 Å². The van der Waals surface area contributed by atoms with Crippen LogP contribution in [0, 0.1) is 17.3 Å². The molecule has 0 amide bonds. The number of rotatable bonds is 2. The molecule has 0 radical (unpaired) electrons. The molecule has 3 atom stereocenters. The average molecular weight is 196 g/mol. The molecular weight excluding hydrogens is 176 g/mol. The van der Waals surface area contributed by atoms with Gasteiger partial charge in [-0.25, -0.2) is 0 Å². The van der Waals surface area contributed by atoms with Crippen LogP contribution in [-0.2, 0) is 9.53 Å². The van der Waals surface area contributed by atoms with Gasteiger partial charge in [0.05, 0.1) is 0 Å². The third kappa shape index (κ3) is 1.19. The third-order valence-electron chi connectivity index (χ3n) is 4.47. The van der Waals surface area contributed by atoms with Crippen molar-refractivity contribution in [3.05, 3.63) is 0 Å². The first-order valence-corrected chi connectivity index (χ1v) is 5.60. The van der Waals surface area contributed by atoms with Gasteiger partial charge in [-0.15, -0.1) is 0 Å². The number of carbonyl (C=O) groups is 1. The minimum Gasteiger partial charge on any atom is -0.459 e. The normalized spacial score (nSPS) is 45.1. The lowest BCUT2D eigenvalue weighted by atomic mass is 9.90. The smallest absolute Gasteiger partial charge is 0.303 e. The van der Waals surface area contributed by atoms with Crippen LogP contribution < -0.4 is 0 Å². The fourth-order valence-electron chi connectivity index (χ4n) is 3.45. The lowest BCUT2D eigenvalue weighted by Gasteiger charge is -2.25. The van der Waals surface area contributed by atoms with Gasteiger partial charge in [0.25, 0.3) is 0 Å². The van der Waals surface area contributed by atoms with E-state index in [0.717, 1.165) is 12.3 Å². The molecule has 0 saturated heterocycles. The van der Waals surface area contributed by atoms with Gasteiger partial charge < -0.3 is 4.74 Å². The maximum Gasteiger partial charge on any atom is 0.303 e. The van der Waals surface area contributed by atoms with Gasteiger partial charge in [0.15, 0.2) is 0 Å². The van der Waals surface area contributed by atoms with Gasteiger partial charge in [-0.05, 0) is 37.5 Å². The lowest BCUT2D eigenvalue weighted by Crippen LogP contribution is -2.31. The summed E-state index contributed by atoms with van der Waals surface area (Å²) in [6, 6.07) is 0. The number of fused-ring (bicyclic) bond motifs is 1. The van der Waals surface area contributed by atoms with E-state index in [0.29, 0.717) is 11.3 Å².